The number of aromatic nitrogens is 3. The van der Waals surface area contributed by atoms with Gasteiger partial charge in [-0.15, -0.1) is 0 Å². The molecule has 0 radical (unpaired) electrons. The number of anilines is 2. The van der Waals surface area contributed by atoms with Gasteiger partial charge in [-0.25, -0.2) is 15.0 Å². The fraction of sp³-hybridized carbons (Fsp3) is 0.531. The summed E-state index contributed by atoms with van der Waals surface area (Å²) in [7, 11) is 0. The van der Waals surface area contributed by atoms with Crippen molar-refractivity contribution in [3.05, 3.63) is 46.7 Å². The maximum absolute atomic E-state index is 14.0. The highest BCUT2D eigenvalue weighted by atomic mass is 32.1. The number of hydrogen-bond donors (Lipinski definition) is 2. The van der Waals surface area contributed by atoms with E-state index in [1.165, 1.54) is 29.8 Å². The lowest BCUT2D eigenvalue weighted by Gasteiger charge is -2.40. The molecule has 2 aromatic heterocycles. The molecule has 15 heteroatoms. The van der Waals surface area contributed by atoms with Crippen LogP contribution in [-0.2, 0) is 17.5 Å². The van der Waals surface area contributed by atoms with E-state index in [0.717, 1.165) is 36.8 Å². The minimum absolute atomic E-state index is 0.0713. The van der Waals surface area contributed by atoms with Gasteiger partial charge in [0, 0.05) is 55.2 Å². The van der Waals surface area contributed by atoms with E-state index in [-0.39, 0.29) is 35.6 Å². The number of hydrogen-bond acceptors (Lipinski definition) is 10. The Morgan fingerprint density at radius 3 is 2.62 bits per heavy atom. The number of carbonyl (C=O) groups excluding carboxylic acids is 1. The molecule has 2 N–H and O–H groups in total. The standard InChI is InChI=1S/C32H40F3N7O4S/c1-4-22-7-6-11-41(22)19-26-29(21-8-9-25(46-5-2)23(15-21)32(33,34)35)38-31(47-26)39-30(45)24-16-37-27(17-36-24)42-14-13-40(18-20(42)3)12-10-28(43)44/h8-9,15-17,20,22H,4-7,10-14,18-19H2,1-3H3,(H,43,44)(H,38,39,45)/t20-,22-/m1/s1. The monoisotopic (exact) mass is 675 g/mol. The van der Waals surface area contributed by atoms with E-state index in [4.69, 9.17) is 9.84 Å². The normalized spacial score (nSPS) is 19.2. The van der Waals surface area contributed by atoms with E-state index in [1.807, 2.05) is 6.92 Å². The van der Waals surface area contributed by atoms with Crippen LogP contribution >= 0.6 is 11.3 Å². The summed E-state index contributed by atoms with van der Waals surface area (Å²) < 4.78 is 47.3. The van der Waals surface area contributed by atoms with E-state index < -0.39 is 23.6 Å². The van der Waals surface area contributed by atoms with Gasteiger partial charge in [0.25, 0.3) is 5.91 Å². The number of nitrogens with one attached hydrogen (secondary N) is 1. The molecule has 254 valence electrons. The molecule has 0 aliphatic carbocycles. The second-order valence-corrected chi connectivity index (χ2v) is 12.9. The third-order valence-corrected chi connectivity index (χ3v) is 9.57. The number of likely N-dealkylation sites (tertiary alicyclic amines) is 1. The molecule has 2 fully saturated rings. The van der Waals surface area contributed by atoms with Gasteiger partial charge in [0.15, 0.2) is 5.13 Å². The second-order valence-electron chi connectivity index (χ2n) is 11.8. The van der Waals surface area contributed by atoms with Gasteiger partial charge in [0.05, 0.1) is 36.7 Å². The minimum atomic E-state index is -4.62. The number of alkyl halides is 3. The maximum Gasteiger partial charge on any atom is 0.419 e. The molecular weight excluding hydrogens is 635 g/mol. The Kier molecular flexibility index (Phi) is 11.0. The van der Waals surface area contributed by atoms with E-state index >= 15 is 0 Å². The van der Waals surface area contributed by atoms with Crippen molar-refractivity contribution in [1.29, 1.82) is 0 Å². The average molecular weight is 676 g/mol. The van der Waals surface area contributed by atoms with Crippen LogP contribution in [0, 0.1) is 0 Å². The maximum atomic E-state index is 14.0. The number of thiazole rings is 1. The number of amides is 1. The lowest BCUT2D eigenvalue weighted by Crippen LogP contribution is -2.52. The molecule has 0 saturated carbocycles. The molecule has 2 saturated heterocycles. The van der Waals surface area contributed by atoms with Crippen LogP contribution in [0.5, 0.6) is 5.75 Å². The Hall–Kier alpha value is -3.82. The number of benzene rings is 1. The van der Waals surface area contributed by atoms with Gasteiger partial charge >= 0.3 is 12.1 Å². The fourth-order valence-electron chi connectivity index (χ4n) is 6.25. The van der Waals surface area contributed by atoms with Crippen LogP contribution in [0.1, 0.15) is 67.4 Å². The van der Waals surface area contributed by atoms with Gasteiger partial charge in [0.2, 0.25) is 0 Å². The van der Waals surface area contributed by atoms with Crippen molar-refractivity contribution in [3.63, 3.8) is 0 Å². The Morgan fingerprint density at radius 1 is 1.15 bits per heavy atom. The fourth-order valence-corrected chi connectivity index (χ4v) is 7.25. The summed E-state index contributed by atoms with van der Waals surface area (Å²) >= 11 is 1.24. The van der Waals surface area contributed by atoms with Crippen LogP contribution in [0.3, 0.4) is 0 Å². The number of carbonyl (C=O) groups is 2. The van der Waals surface area contributed by atoms with Gasteiger partial charge in [-0.1, -0.05) is 18.3 Å². The molecule has 5 rings (SSSR count). The first-order valence-corrected chi connectivity index (χ1v) is 16.7. The smallest absolute Gasteiger partial charge is 0.419 e. The first kappa shape index (κ1) is 34.5. The van der Waals surface area contributed by atoms with Crippen molar-refractivity contribution in [2.45, 2.75) is 71.3 Å². The summed E-state index contributed by atoms with van der Waals surface area (Å²) in [6.45, 7) is 9.77. The summed E-state index contributed by atoms with van der Waals surface area (Å²) in [5, 5.41) is 12.0. The zero-order valence-electron chi connectivity index (χ0n) is 26.7. The Balaban J connectivity index is 1.35. The van der Waals surface area contributed by atoms with Gasteiger partial charge in [-0.3, -0.25) is 24.7 Å². The lowest BCUT2D eigenvalue weighted by atomic mass is 10.1. The number of carboxylic acid groups (broad SMARTS) is 1. The number of nitrogens with zero attached hydrogens (tertiary/aromatic N) is 6. The number of rotatable bonds is 12. The molecule has 2 aliphatic heterocycles. The third kappa shape index (κ3) is 8.37. The van der Waals surface area contributed by atoms with Crippen molar-refractivity contribution in [3.8, 4) is 17.0 Å². The van der Waals surface area contributed by atoms with E-state index in [1.54, 1.807) is 13.0 Å². The first-order valence-electron chi connectivity index (χ1n) is 15.9. The van der Waals surface area contributed by atoms with Crippen LogP contribution in [-0.4, -0.2) is 93.1 Å². The summed E-state index contributed by atoms with van der Waals surface area (Å²) in [5.74, 6) is -0.986. The quantitative estimate of drug-likeness (QED) is 0.250. The van der Waals surface area contributed by atoms with Gasteiger partial charge < -0.3 is 14.7 Å². The molecule has 3 aromatic rings. The van der Waals surface area contributed by atoms with Crippen molar-refractivity contribution in [2.24, 2.45) is 0 Å². The Bertz CT molecular complexity index is 1550. The molecule has 11 nitrogen and oxygen atoms in total. The van der Waals surface area contributed by atoms with Gasteiger partial charge in [-0.2, -0.15) is 13.2 Å². The highest BCUT2D eigenvalue weighted by Crippen LogP contribution is 2.41. The molecule has 0 unspecified atom stereocenters. The molecule has 0 spiro atoms. The first-order chi connectivity index (χ1) is 22.5. The average Bonchev–Trinajstić information content (AvgIpc) is 3.66. The molecule has 0 bridgehead atoms. The zero-order chi connectivity index (χ0) is 33.7. The molecule has 2 atom stereocenters. The summed E-state index contributed by atoms with van der Waals surface area (Å²) in [4.78, 5) is 44.9. The largest absolute Gasteiger partial charge is 0.493 e. The molecule has 2 aliphatic rings. The molecule has 1 aromatic carbocycles. The summed E-state index contributed by atoms with van der Waals surface area (Å²) in [6, 6.07) is 4.40. The zero-order valence-corrected chi connectivity index (χ0v) is 27.5. The summed E-state index contributed by atoms with van der Waals surface area (Å²) in [5.41, 5.74) is -0.120. The molecule has 1 amide bonds. The van der Waals surface area contributed by atoms with Crippen LogP contribution in [0.25, 0.3) is 11.3 Å². The highest BCUT2D eigenvalue weighted by molar-refractivity contribution is 7.16. The number of piperazine rings is 1. The summed E-state index contributed by atoms with van der Waals surface area (Å²) in [6.07, 6.45) is 1.47. The SMILES string of the molecule is CCOc1ccc(-c2nc(NC(=O)c3cnc(N4CCN(CCC(=O)O)C[C@H]4C)cn3)sc2CN2CCC[C@H]2CC)cc1C(F)(F)F. The number of carboxylic acids is 1. The van der Waals surface area contributed by atoms with E-state index in [0.29, 0.717) is 55.8 Å². The predicted octanol–water partition coefficient (Wildman–Crippen LogP) is 5.63. The Labute approximate surface area is 275 Å². The van der Waals surface area contributed by atoms with Crippen molar-refractivity contribution in [2.75, 3.05) is 49.5 Å². The van der Waals surface area contributed by atoms with Crippen LogP contribution in [0.15, 0.2) is 30.6 Å². The lowest BCUT2D eigenvalue weighted by molar-refractivity contribution is -0.139. The topological polar surface area (TPSA) is 124 Å². The van der Waals surface area contributed by atoms with Crippen molar-refractivity contribution < 1.29 is 32.6 Å². The molecule has 4 heterocycles. The third-order valence-electron chi connectivity index (χ3n) is 8.61. The minimum Gasteiger partial charge on any atom is -0.493 e. The van der Waals surface area contributed by atoms with Crippen molar-refractivity contribution >= 4 is 34.2 Å². The van der Waals surface area contributed by atoms with Crippen LogP contribution in [0.2, 0.25) is 0 Å². The molecule has 47 heavy (non-hydrogen) atoms. The van der Waals surface area contributed by atoms with Crippen LogP contribution in [0.4, 0.5) is 24.1 Å². The number of aliphatic carboxylic acids is 1. The molecular formula is C32H40F3N7O4S. The van der Waals surface area contributed by atoms with Gasteiger partial charge in [0.1, 0.15) is 17.3 Å². The van der Waals surface area contributed by atoms with Gasteiger partial charge in [-0.05, 0) is 57.9 Å². The Morgan fingerprint density at radius 2 is 1.96 bits per heavy atom. The number of halogens is 3. The second kappa shape index (κ2) is 14.9. The number of ether oxygens (including phenoxy) is 1. The van der Waals surface area contributed by atoms with Crippen molar-refractivity contribution in [1.82, 2.24) is 24.8 Å². The van der Waals surface area contributed by atoms with E-state index in [9.17, 15) is 22.8 Å². The van der Waals surface area contributed by atoms with E-state index in [2.05, 4.69) is 41.9 Å². The highest BCUT2D eigenvalue weighted by Gasteiger charge is 2.35. The van der Waals surface area contributed by atoms with Crippen LogP contribution < -0.4 is 15.0 Å². The predicted molar refractivity (Wildman–Crippen MR) is 173 cm³/mol.